The number of nitrogens with one attached hydrogen (secondary N) is 1. The molecule has 0 aliphatic carbocycles. The molecular formula is C27H25FN4O2S. The predicted octanol–water partition coefficient (Wildman–Crippen LogP) is 5.34. The number of nitrogens with zero attached hydrogens (tertiary/aromatic N) is 3. The molecule has 2 aromatic carbocycles. The van der Waals surface area contributed by atoms with Crippen LogP contribution in [-0.4, -0.2) is 39.8 Å². The van der Waals surface area contributed by atoms with Crippen LogP contribution in [0, 0.1) is 12.7 Å². The van der Waals surface area contributed by atoms with Crippen molar-refractivity contribution in [2.45, 2.75) is 32.1 Å². The van der Waals surface area contributed by atoms with Crippen LogP contribution in [0.3, 0.4) is 0 Å². The number of piperidine rings is 1. The summed E-state index contributed by atoms with van der Waals surface area (Å²) in [5, 5.41) is 6.61. The quantitative estimate of drug-likeness (QED) is 0.412. The number of fused-ring (bicyclic) bond motifs is 1. The number of thiazole rings is 1. The first-order valence-electron chi connectivity index (χ1n) is 11.6. The van der Waals surface area contributed by atoms with E-state index in [2.05, 4.69) is 15.3 Å². The van der Waals surface area contributed by atoms with Gasteiger partial charge in [-0.25, -0.2) is 9.37 Å². The molecule has 1 N–H and O–H groups in total. The summed E-state index contributed by atoms with van der Waals surface area (Å²) in [4.78, 5) is 36.6. The van der Waals surface area contributed by atoms with E-state index < -0.39 is 0 Å². The molecule has 4 aromatic rings. The van der Waals surface area contributed by atoms with E-state index in [4.69, 9.17) is 0 Å². The standard InChI is InChI=1S/C27H25FN4O2S/c1-17-14-23(21-4-2-3-5-22(21)29-17)30-26(34)24-16-35-27(31-24)19-10-12-32(13-11-19)25(33)15-18-6-8-20(28)9-7-18/h2-9,14,16,19H,10-13,15H2,1H3,(H,29,30,34). The Bertz CT molecular complexity index is 1380. The number of halogens is 1. The van der Waals surface area contributed by atoms with Gasteiger partial charge in [0.15, 0.2) is 0 Å². The summed E-state index contributed by atoms with van der Waals surface area (Å²) in [6, 6.07) is 15.6. The average molecular weight is 489 g/mol. The molecule has 35 heavy (non-hydrogen) atoms. The highest BCUT2D eigenvalue weighted by molar-refractivity contribution is 7.10. The van der Waals surface area contributed by atoms with Crippen LogP contribution >= 0.6 is 11.3 Å². The van der Waals surface area contributed by atoms with Crippen molar-refractivity contribution in [2.24, 2.45) is 0 Å². The molecule has 178 valence electrons. The highest BCUT2D eigenvalue weighted by Gasteiger charge is 2.26. The number of benzene rings is 2. The number of carbonyl (C=O) groups excluding carboxylic acids is 2. The van der Waals surface area contributed by atoms with Crippen LogP contribution in [0.25, 0.3) is 10.9 Å². The minimum Gasteiger partial charge on any atom is -0.342 e. The van der Waals surface area contributed by atoms with Gasteiger partial charge in [-0.05, 0) is 49.6 Å². The first-order valence-corrected chi connectivity index (χ1v) is 12.5. The van der Waals surface area contributed by atoms with Crippen LogP contribution in [-0.2, 0) is 11.2 Å². The third kappa shape index (κ3) is 5.22. The number of carbonyl (C=O) groups is 2. The molecule has 0 radical (unpaired) electrons. The summed E-state index contributed by atoms with van der Waals surface area (Å²) in [5.74, 6) is -0.271. The first kappa shape index (κ1) is 23.1. The minimum atomic E-state index is -0.303. The number of para-hydroxylation sites is 1. The van der Waals surface area contributed by atoms with Crippen molar-refractivity contribution in [3.05, 3.63) is 87.8 Å². The Morgan fingerprint density at radius 3 is 2.60 bits per heavy atom. The van der Waals surface area contributed by atoms with Gasteiger partial charge in [-0.1, -0.05) is 30.3 Å². The largest absolute Gasteiger partial charge is 0.342 e. The Balaban J connectivity index is 1.20. The topological polar surface area (TPSA) is 75.2 Å². The Hall–Kier alpha value is -3.65. The molecule has 1 fully saturated rings. The first-order chi connectivity index (χ1) is 17.0. The lowest BCUT2D eigenvalue weighted by atomic mass is 9.97. The molecular weight excluding hydrogens is 463 g/mol. The third-order valence-electron chi connectivity index (χ3n) is 6.31. The fraction of sp³-hybridized carbons (Fsp3) is 0.259. The lowest BCUT2D eigenvalue weighted by Crippen LogP contribution is -2.38. The van der Waals surface area contributed by atoms with Crippen molar-refractivity contribution in [2.75, 3.05) is 18.4 Å². The zero-order valence-electron chi connectivity index (χ0n) is 19.3. The summed E-state index contributed by atoms with van der Waals surface area (Å²) >= 11 is 1.49. The number of aromatic nitrogens is 2. The van der Waals surface area contributed by atoms with Gasteiger partial charge in [0.05, 0.1) is 22.6 Å². The second kappa shape index (κ2) is 9.92. The zero-order chi connectivity index (χ0) is 24.4. The van der Waals surface area contributed by atoms with Gasteiger partial charge in [-0.2, -0.15) is 0 Å². The summed E-state index contributed by atoms with van der Waals surface area (Å²) in [5.41, 5.74) is 3.60. The van der Waals surface area contributed by atoms with Crippen LogP contribution in [0.4, 0.5) is 10.1 Å². The zero-order valence-corrected chi connectivity index (χ0v) is 20.1. The van der Waals surface area contributed by atoms with E-state index >= 15 is 0 Å². The number of hydrogen-bond donors (Lipinski definition) is 1. The molecule has 6 nitrogen and oxygen atoms in total. The maximum Gasteiger partial charge on any atom is 0.275 e. The number of likely N-dealkylation sites (tertiary alicyclic amines) is 1. The van der Waals surface area contributed by atoms with Crippen LogP contribution in [0.2, 0.25) is 0 Å². The number of rotatable bonds is 5. The molecule has 8 heteroatoms. The molecule has 1 aliphatic rings. The molecule has 0 atom stereocenters. The smallest absolute Gasteiger partial charge is 0.275 e. The fourth-order valence-corrected chi connectivity index (χ4v) is 5.41. The lowest BCUT2D eigenvalue weighted by Gasteiger charge is -2.31. The molecule has 2 amide bonds. The molecule has 0 saturated carbocycles. The number of hydrogen-bond acceptors (Lipinski definition) is 5. The van der Waals surface area contributed by atoms with E-state index in [0.29, 0.717) is 18.8 Å². The van der Waals surface area contributed by atoms with Crippen molar-refractivity contribution in [3.8, 4) is 0 Å². The average Bonchev–Trinajstić information content (AvgIpc) is 3.36. The summed E-state index contributed by atoms with van der Waals surface area (Å²) in [6.07, 6.45) is 1.88. The molecule has 0 bridgehead atoms. The van der Waals surface area contributed by atoms with E-state index in [-0.39, 0.29) is 30.0 Å². The monoisotopic (exact) mass is 488 g/mol. The van der Waals surface area contributed by atoms with E-state index in [1.807, 2.05) is 42.2 Å². The predicted molar refractivity (Wildman–Crippen MR) is 135 cm³/mol. The summed E-state index contributed by atoms with van der Waals surface area (Å²) < 4.78 is 13.1. The van der Waals surface area contributed by atoms with Gasteiger partial charge in [0, 0.05) is 35.5 Å². The Kier molecular flexibility index (Phi) is 6.55. The molecule has 3 heterocycles. The molecule has 1 aliphatic heterocycles. The summed E-state index contributed by atoms with van der Waals surface area (Å²) in [6.45, 7) is 3.20. The van der Waals surface area contributed by atoms with Crippen molar-refractivity contribution >= 4 is 39.7 Å². The second-order valence-corrected chi connectivity index (χ2v) is 9.70. The number of pyridine rings is 1. The van der Waals surface area contributed by atoms with Gasteiger partial charge in [0.25, 0.3) is 5.91 Å². The second-order valence-electron chi connectivity index (χ2n) is 8.81. The Morgan fingerprint density at radius 1 is 1.09 bits per heavy atom. The van der Waals surface area contributed by atoms with Gasteiger partial charge < -0.3 is 10.2 Å². The number of aryl methyl sites for hydroxylation is 1. The van der Waals surface area contributed by atoms with E-state index in [9.17, 15) is 14.0 Å². The molecule has 2 aromatic heterocycles. The Labute approximate surface area is 206 Å². The van der Waals surface area contributed by atoms with E-state index in [1.54, 1.807) is 17.5 Å². The third-order valence-corrected chi connectivity index (χ3v) is 7.32. The Morgan fingerprint density at radius 2 is 1.83 bits per heavy atom. The number of amides is 2. The van der Waals surface area contributed by atoms with Crippen LogP contribution in [0.15, 0.2) is 60.0 Å². The van der Waals surface area contributed by atoms with Crippen molar-refractivity contribution in [1.82, 2.24) is 14.9 Å². The maximum atomic E-state index is 13.1. The highest BCUT2D eigenvalue weighted by Crippen LogP contribution is 2.31. The van der Waals surface area contributed by atoms with Gasteiger partial charge in [-0.15, -0.1) is 11.3 Å². The molecule has 0 unspecified atom stereocenters. The van der Waals surface area contributed by atoms with Crippen molar-refractivity contribution < 1.29 is 14.0 Å². The highest BCUT2D eigenvalue weighted by atomic mass is 32.1. The van der Waals surface area contributed by atoms with Gasteiger partial charge in [0.2, 0.25) is 5.91 Å². The van der Waals surface area contributed by atoms with Gasteiger partial charge in [-0.3, -0.25) is 14.6 Å². The van der Waals surface area contributed by atoms with E-state index in [1.165, 1.54) is 23.5 Å². The van der Waals surface area contributed by atoms with Crippen molar-refractivity contribution in [1.29, 1.82) is 0 Å². The molecule has 5 rings (SSSR count). The maximum absolute atomic E-state index is 13.1. The fourth-order valence-electron chi connectivity index (χ4n) is 4.44. The van der Waals surface area contributed by atoms with Crippen LogP contribution < -0.4 is 5.32 Å². The van der Waals surface area contributed by atoms with Gasteiger partial charge >= 0.3 is 0 Å². The molecule has 1 saturated heterocycles. The van der Waals surface area contributed by atoms with Crippen LogP contribution in [0.5, 0.6) is 0 Å². The number of anilines is 1. The lowest BCUT2D eigenvalue weighted by molar-refractivity contribution is -0.131. The minimum absolute atomic E-state index is 0.0501. The summed E-state index contributed by atoms with van der Waals surface area (Å²) in [7, 11) is 0. The van der Waals surface area contributed by atoms with Crippen molar-refractivity contribution in [3.63, 3.8) is 0 Å². The molecule has 0 spiro atoms. The normalized spacial score (nSPS) is 14.3. The van der Waals surface area contributed by atoms with E-state index in [0.717, 1.165) is 45.7 Å². The van der Waals surface area contributed by atoms with Gasteiger partial charge in [0.1, 0.15) is 11.5 Å². The SMILES string of the molecule is Cc1cc(NC(=O)c2csc(C3CCN(C(=O)Cc4ccc(F)cc4)CC3)n2)c2ccccc2n1. The van der Waals surface area contributed by atoms with Crippen LogP contribution in [0.1, 0.15) is 45.5 Å².